The van der Waals surface area contributed by atoms with Crippen LogP contribution in [0.15, 0.2) is 30.6 Å². The monoisotopic (exact) mass is 212 g/mol. The second-order valence-corrected chi connectivity index (χ2v) is 3.49. The molecule has 0 bridgehead atoms. The topological polar surface area (TPSA) is 54.5 Å². The minimum Gasteiger partial charge on any atom is -0.232 e. The highest BCUT2D eigenvalue weighted by Crippen LogP contribution is 2.12. The van der Waals surface area contributed by atoms with Crippen molar-refractivity contribution in [3.63, 3.8) is 0 Å². The molecular weight excluding hydrogens is 200 g/mol. The van der Waals surface area contributed by atoms with E-state index in [0.717, 1.165) is 18.5 Å². The van der Waals surface area contributed by atoms with Gasteiger partial charge in [0.2, 0.25) is 0 Å². The molecule has 2 heterocycles. The summed E-state index contributed by atoms with van der Waals surface area (Å²) in [6.45, 7) is 2.10. The van der Waals surface area contributed by atoms with Gasteiger partial charge in [-0.2, -0.15) is 10.4 Å². The molecule has 0 aliphatic heterocycles. The average Bonchev–Trinajstić information content (AvgIpc) is 2.83. The van der Waals surface area contributed by atoms with Crippen molar-refractivity contribution in [2.24, 2.45) is 0 Å². The summed E-state index contributed by atoms with van der Waals surface area (Å²) in [4.78, 5) is 4.45. The molecule has 80 valence electrons. The highest BCUT2D eigenvalue weighted by atomic mass is 15.3. The number of aryl methyl sites for hydroxylation is 1. The van der Waals surface area contributed by atoms with E-state index in [9.17, 15) is 0 Å². The van der Waals surface area contributed by atoms with Crippen molar-refractivity contribution in [2.45, 2.75) is 19.8 Å². The van der Waals surface area contributed by atoms with Gasteiger partial charge in [-0.05, 0) is 24.6 Å². The lowest BCUT2D eigenvalue weighted by atomic mass is 10.2. The van der Waals surface area contributed by atoms with Crippen LogP contribution in [0.2, 0.25) is 0 Å². The fourth-order valence-electron chi connectivity index (χ4n) is 1.54. The highest BCUT2D eigenvalue weighted by molar-refractivity contribution is 5.43. The third-order valence-electron chi connectivity index (χ3n) is 2.28. The lowest BCUT2D eigenvalue weighted by Crippen LogP contribution is -2.03. The van der Waals surface area contributed by atoms with Crippen molar-refractivity contribution in [1.82, 2.24) is 14.8 Å². The molecule has 0 aliphatic rings. The van der Waals surface area contributed by atoms with Crippen LogP contribution in [0.5, 0.6) is 0 Å². The van der Waals surface area contributed by atoms with E-state index in [1.165, 1.54) is 0 Å². The Morgan fingerprint density at radius 2 is 2.31 bits per heavy atom. The van der Waals surface area contributed by atoms with E-state index in [-0.39, 0.29) is 0 Å². The maximum Gasteiger partial charge on any atom is 0.171 e. The van der Waals surface area contributed by atoms with Gasteiger partial charge in [0.15, 0.2) is 5.82 Å². The van der Waals surface area contributed by atoms with Crippen LogP contribution in [0, 0.1) is 11.3 Å². The minimum absolute atomic E-state index is 0.545. The predicted molar refractivity (Wildman–Crippen MR) is 60.1 cm³/mol. The standard InChI is InChI=1S/C12H12N4/c1-2-4-11-6-5-10(9-13)12(15-11)16-8-3-7-14-16/h3,5-8H,2,4H2,1H3. The molecule has 0 N–H and O–H groups in total. The fourth-order valence-corrected chi connectivity index (χ4v) is 1.54. The van der Waals surface area contributed by atoms with Crippen LogP contribution in [0.25, 0.3) is 5.82 Å². The zero-order chi connectivity index (χ0) is 11.4. The summed E-state index contributed by atoms with van der Waals surface area (Å²) in [6, 6.07) is 7.64. The third kappa shape index (κ3) is 1.94. The SMILES string of the molecule is CCCc1ccc(C#N)c(-n2cccn2)n1. The number of nitrogens with zero attached hydrogens (tertiary/aromatic N) is 4. The third-order valence-corrected chi connectivity index (χ3v) is 2.28. The van der Waals surface area contributed by atoms with Gasteiger partial charge < -0.3 is 0 Å². The molecule has 2 rings (SSSR count). The first-order valence-corrected chi connectivity index (χ1v) is 5.25. The van der Waals surface area contributed by atoms with Crippen molar-refractivity contribution in [3.8, 4) is 11.9 Å². The molecule has 2 aromatic heterocycles. The molecular formula is C12H12N4. The van der Waals surface area contributed by atoms with Crippen LogP contribution in [0.4, 0.5) is 0 Å². The summed E-state index contributed by atoms with van der Waals surface area (Å²) < 4.78 is 1.62. The molecule has 2 aromatic rings. The number of hydrogen-bond acceptors (Lipinski definition) is 3. The Morgan fingerprint density at radius 1 is 1.44 bits per heavy atom. The normalized spacial score (nSPS) is 10.0. The molecule has 0 aliphatic carbocycles. The lowest BCUT2D eigenvalue weighted by molar-refractivity contribution is 0.811. The first kappa shape index (κ1) is 10.4. The van der Waals surface area contributed by atoms with Crippen LogP contribution < -0.4 is 0 Å². The number of hydrogen-bond donors (Lipinski definition) is 0. The van der Waals surface area contributed by atoms with Gasteiger partial charge in [0.25, 0.3) is 0 Å². The Morgan fingerprint density at radius 3 is 2.94 bits per heavy atom. The van der Waals surface area contributed by atoms with E-state index >= 15 is 0 Å². The summed E-state index contributed by atoms with van der Waals surface area (Å²) >= 11 is 0. The van der Waals surface area contributed by atoms with Crippen molar-refractivity contribution < 1.29 is 0 Å². The summed E-state index contributed by atoms with van der Waals surface area (Å²) in [5.41, 5.74) is 1.54. The maximum atomic E-state index is 9.01. The van der Waals surface area contributed by atoms with E-state index in [0.29, 0.717) is 11.4 Å². The van der Waals surface area contributed by atoms with Crippen molar-refractivity contribution >= 4 is 0 Å². The summed E-state index contributed by atoms with van der Waals surface area (Å²) in [7, 11) is 0. The van der Waals surface area contributed by atoms with Crippen LogP contribution in [-0.4, -0.2) is 14.8 Å². The van der Waals surface area contributed by atoms with Gasteiger partial charge in [-0.25, -0.2) is 9.67 Å². The average molecular weight is 212 g/mol. The van der Waals surface area contributed by atoms with E-state index < -0.39 is 0 Å². The van der Waals surface area contributed by atoms with Gasteiger partial charge in [0.05, 0.1) is 5.56 Å². The minimum atomic E-state index is 0.545. The van der Waals surface area contributed by atoms with Crippen molar-refractivity contribution in [2.75, 3.05) is 0 Å². The Balaban J connectivity index is 2.49. The Hall–Kier alpha value is -2.15. The van der Waals surface area contributed by atoms with E-state index in [1.807, 2.05) is 12.1 Å². The molecule has 0 fully saturated rings. The van der Waals surface area contributed by atoms with Crippen molar-refractivity contribution in [3.05, 3.63) is 41.9 Å². The van der Waals surface area contributed by atoms with Gasteiger partial charge in [-0.15, -0.1) is 0 Å². The zero-order valence-electron chi connectivity index (χ0n) is 9.09. The number of aromatic nitrogens is 3. The molecule has 0 radical (unpaired) electrons. The smallest absolute Gasteiger partial charge is 0.171 e. The molecule has 0 amide bonds. The lowest BCUT2D eigenvalue weighted by Gasteiger charge is -2.05. The van der Waals surface area contributed by atoms with Gasteiger partial charge in [-0.1, -0.05) is 13.3 Å². The molecule has 0 saturated carbocycles. The predicted octanol–water partition coefficient (Wildman–Crippen LogP) is 2.09. The zero-order valence-corrected chi connectivity index (χ0v) is 9.09. The summed E-state index contributed by atoms with van der Waals surface area (Å²) in [6.07, 6.45) is 5.42. The van der Waals surface area contributed by atoms with Crippen LogP contribution in [-0.2, 0) is 6.42 Å². The quantitative estimate of drug-likeness (QED) is 0.782. The number of pyridine rings is 1. The van der Waals surface area contributed by atoms with E-state index in [2.05, 4.69) is 23.1 Å². The molecule has 4 heteroatoms. The second-order valence-electron chi connectivity index (χ2n) is 3.49. The molecule has 0 saturated heterocycles. The van der Waals surface area contributed by atoms with Crippen LogP contribution in [0.3, 0.4) is 0 Å². The van der Waals surface area contributed by atoms with E-state index in [1.54, 1.807) is 23.1 Å². The molecule has 0 unspecified atom stereocenters. The Labute approximate surface area is 94.2 Å². The first-order valence-electron chi connectivity index (χ1n) is 5.25. The van der Waals surface area contributed by atoms with Gasteiger partial charge >= 0.3 is 0 Å². The summed E-state index contributed by atoms with van der Waals surface area (Å²) in [5, 5.41) is 13.1. The first-order chi connectivity index (χ1) is 7.85. The van der Waals surface area contributed by atoms with Crippen LogP contribution in [0.1, 0.15) is 24.6 Å². The largest absolute Gasteiger partial charge is 0.232 e. The molecule has 16 heavy (non-hydrogen) atoms. The summed E-state index contributed by atoms with van der Waals surface area (Å²) in [5.74, 6) is 0.610. The molecule has 0 atom stereocenters. The fraction of sp³-hybridized carbons (Fsp3) is 0.250. The van der Waals surface area contributed by atoms with Gasteiger partial charge in [0, 0.05) is 18.1 Å². The number of nitriles is 1. The van der Waals surface area contributed by atoms with Gasteiger partial charge in [0.1, 0.15) is 6.07 Å². The van der Waals surface area contributed by atoms with Gasteiger partial charge in [-0.3, -0.25) is 0 Å². The number of rotatable bonds is 3. The highest BCUT2D eigenvalue weighted by Gasteiger charge is 2.07. The van der Waals surface area contributed by atoms with Crippen molar-refractivity contribution in [1.29, 1.82) is 5.26 Å². The maximum absolute atomic E-state index is 9.01. The Bertz CT molecular complexity index is 508. The molecule has 0 spiro atoms. The van der Waals surface area contributed by atoms with Crippen LogP contribution >= 0.6 is 0 Å². The molecule has 4 nitrogen and oxygen atoms in total. The van der Waals surface area contributed by atoms with E-state index in [4.69, 9.17) is 5.26 Å². The molecule has 0 aromatic carbocycles. The second kappa shape index (κ2) is 4.58. The Kier molecular flexibility index (Phi) is 2.97.